The number of aryl methyl sites for hydroxylation is 2. The third kappa shape index (κ3) is 4.08. The van der Waals surface area contributed by atoms with Crippen LogP contribution in [0.2, 0.25) is 0 Å². The minimum absolute atomic E-state index is 0.118. The molecule has 3 rings (SSSR count). The van der Waals surface area contributed by atoms with Crippen molar-refractivity contribution in [2.45, 2.75) is 32.8 Å². The predicted octanol–water partition coefficient (Wildman–Crippen LogP) is 2.75. The summed E-state index contributed by atoms with van der Waals surface area (Å²) in [5, 5.41) is 14.2. The lowest BCUT2D eigenvalue weighted by molar-refractivity contribution is 0.0853. The van der Waals surface area contributed by atoms with Gasteiger partial charge in [0.25, 0.3) is 5.91 Å². The third-order valence-corrected chi connectivity index (χ3v) is 4.07. The maximum Gasteiger partial charge on any atom is 0.271 e. The van der Waals surface area contributed by atoms with E-state index in [0.717, 1.165) is 30.7 Å². The number of amides is 1. The second-order valence-corrected chi connectivity index (χ2v) is 6.09. The first-order valence-electron chi connectivity index (χ1n) is 8.19. The lowest BCUT2D eigenvalue weighted by Crippen LogP contribution is -2.32. The quantitative estimate of drug-likeness (QED) is 0.883. The van der Waals surface area contributed by atoms with Gasteiger partial charge in [-0.05, 0) is 56.0 Å². The summed E-state index contributed by atoms with van der Waals surface area (Å²) in [6.07, 6.45) is 2.16. The zero-order valence-electron chi connectivity index (χ0n) is 14.0. The molecule has 1 atom stereocenters. The highest BCUT2D eigenvalue weighted by Gasteiger charge is 2.17. The van der Waals surface area contributed by atoms with E-state index in [1.807, 2.05) is 13.8 Å². The Balaban J connectivity index is 1.60. The standard InChI is InChI=1S/C18H22N4O2/c1-12-5-6-13(2)16(10-12)20-17-8-7-15(21-22-17)18(23)19-11-14-4-3-9-24-14/h5-8,10,14H,3-4,9,11H2,1-2H3,(H,19,23)(H,20,22). The maximum absolute atomic E-state index is 12.1. The first-order valence-corrected chi connectivity index (χ1v) is 8.19. The third-order valence-electron chi connectivity index (χ3n) is 4.07. The average molecular weight is 326 g/mol. The molecule has 0 aliphatic carbocycles. The van der Waals surface area contributed by atoms with Gasteiger partial charge in [-0.15, -0.1) is 10.2 Å². The Morgan fingerprint density at radius 3 is 2.83 bits per heavy atom. The number of hydrogen-bond donors (Lipinski definition) is 2. The normalized spacial score (nSPS) is 16.8. The van der Waals surface area contributed by atoms with Crippen LogP contribution in [0.4, 0.5) is 11.5 Å². The summed E-state index contributed by atoms with van der Waals surface area (Å²) in [5.74, 6) is 0.385. The molecule has 6 heteroatoms. The predicted molar refractivity (Wildman–Crippen MR) is 92.5 cm³/mol. The number of rotatable bonds is 5. The Labute approximate surface area is 141 Å². The van der Waals surface area contributed by atoms with Crippen LogP contribution in [-0.2, 0) is 4.74 Å². The molecule has 1 aliphatic rings. The number of carbonyl (C=O) groups is 1. The lowest BCUT2D eigenvalue weighted by atomic mass is 10.1. The van der Waals surface area contributed by atoms with Crippen molar-refractivity contribution in [2.75, 3.05) is 18.5 Å². The van der Waals surface area contributed by atoms with Gasteiger partial charge in [0.1, 0.15) is 0 Å². The molecule has 1 aromatic carbocycles. The second kappa shape index (κ2) is 7.40. The summed E-state index contributed by atoms with van der Waals surface area (Å²) in [6, 6.07) is 9.60. The molecule has 1 aliphatic heterocycles. The molecule has 1 amide bonds. The van der Waals surface area contributed by atoms with Crippen molar-refractivity contribution in [1.82, 2.24) is 15.5 Å². The molecule has 1 saturated heterocycles. The van der Waals surface area contributed by atoms with Crippen LogP contribution in [0, 0.1) is 13.8 Å². The molecule has 0 radical (unpaired) electrons. The SMILES string of the molecule is Cc1ccc(C)c(Nc2ccc(C(=O)NCC3CCCO3)nn2)c1. The number of nitrogens with one attached hydrogen (secondary N) is 2. The van der Waals surface area contributed by atoms with E-state index in [-0.39, 0.29) is 12.0 Å². The van der Waals surface area contributed by atoms with Gasteiger partial charge in [0.15, 0.2) is 11.5 Å². The lowest BCUT2D eigenvalue weighted by Gasteiger charge is -2.11. The molecule has 2 heterocycles. The highest BCUT2D eigenvalue weighted by atomic mass is 16.5. The molecule has 1 aromatic heterocycles. The summed E-state index contributed by atoms with van der Waals surface area (Å²) in [6.45, 7) is 5.36. The Morgan fingerprint density at radius 2 is 2.12 bits per heavy atom. The first-order chi connectivity index (χ1) is 11.6. The van der Waals surface area contributed by atoms with Crippen molar-refractivity contribution in [3.63, 3.8) is 0 Å². The number of nitrogens with zero attached hydrogens (tertiary/aromatic N) is 2. The monoisotopic (exact) mass is 326 g/mol. The van der Waals surface area contributed by atoms with E-state index in [4.69, 9.17) is 4.74 Å². The molecule has 1 unspecified atom stereocenters. The van der Waals surface area contributed by atoms with Crippen molar-refractivity contribution >= 4 is 17.4 Å². The first kappa shape index (κ1) is 16.4. The van der Waals surface area contributed by atoms with Crippen molar-refractivity contribution in [1.29, 1.82) is 0 Å². The molecular formula is C18H22N4O2. The molecule has 2 aromatic rings. The van der Waals surface area contributed by atoms with Gasteiger partial charge in [-0.1, -0.05) is 12.1 Å². The van der Waals surface area contributed by atoms with Gasteiger partial charge in [-0.2, -0.15) is 0 Å². The van der Waals surface area contributed by atoms with Crippen molar-refractivity contribution < 1.29 is 9.53 Å². The molecule has 2 N–H and O–H groups in total. The van der Waals surface area contributed by atoms with Gasteiger partial charge in [0, 0.05) is 18.8 Å². The molecule has 126 valence electrons. The molecular weight excluding hydrogens is 304 g/mol. The van der Waals surface area contributed by atoms with Crippen LogP contribution in [0.25, 0.3) is 0 Å². The summed E-state index contributed by atoms with van der Waals surface area (Å²) in [7, 11) is 0. The van der Waals surface area contributed by atoms with Crippen LogP contribution in [0.3, 0.4) is 0 Å². The summed E-state index contributed by atoms with van der Waals surface area (Å²) >= 11 is 0. The fraction of sp³-hybridized carbons (Fsp3) is 0.389. The summed E-state index contributed by atoms with van der Waals surface area (Å²) < 4.78 is 5.48. The summed E-state index contributed by atoms with van der Waals surface area (Å²) in [5.41, 5.74) is 3.58. The number of hydrogen-bond acceptors (Lipinski definition) is 5. The van der Waals surface area contributed by atoms with E-state index in [1.54, 1.807) is 12.1 Å². The molecule has 24 heavy (non-hydrogen) atoms. The van der Waals surface area contributed by atoms with E-state index in [1.165, 1.54) is 5.56 Å². The molecule has 0 saturated carbocycles. The zero-order valence-corrected chi connectivity index (χ0v) is 14.0. The van der Waals surface area contributed by atoms with Gasteiger partial charge in [-0.3, -0.25) is 4.79 Å². The fourth-order valence-electron chi connectivity index (χ4n) is 2.63. The maximum atomic E-state index is 12.1. The van der Waals surface area contributed by atoms with Crippen LogP contribution >= 0.6 is 0 Å². The minimum Gasteiger partial charge on any atom is -0.376 e. The number of anilines is 2. The highest BCUT2D eigenvalue weighted by molar-refractivity contribution is 5.92. The van der Waals surface area contributed by atoms with Gasteiger partial charge in [0.05, 0.1) is 6.10 Å². The van der Waals surface area contributed by atoms with E-state index in [0.29, 0.717) is 18.1 Å². The number of aromatic nitrogens is 2. The van der Waals surface area contributed by atoms with Crippen molar-refractivity contribution in [2.24, 2.45) is 0 Å². The van der Waals surface area contributed by atoms with Gasteiger partial charge >= 0.3 is 0 Å². The van der Waals surface area contributed by atoms with Crippen LogP contribution < -0.4 is 10.6 Å². The van der Waals surface area contributed by atoms with E-state index in [9.17, 15) is 4.79 Å². The fourth-order valence-corrected chi connectivity index (χ4v) is 2.63. The number of ether oxygens (including phenoxy) is 1. The Morgan fingerprint density at radius 1 is 1.25 bits per heavy atom. The van der Waals surface area contributed by atoms with Gasteiger partial charge < -0.3 is 15.4 Å². The number of benzene rings is 1. The Kier molecular flexibility index (Phi) is 5.05. The van der Waals surface area contributed by atoms with Crippen molar-refractivity contribution in [3.8, 4) is 0 Å². The highest BCUT2D eigenvalue weighted by Crippen LogP contribution is 2.20. The van der Waals surface area contributed by atoms with Gasteiger partial charge in [0.2, 0.25) is 0 Å². The van der Waals surface area contributed by atoms with E-state index < -0.39 is 0 Å². The van der Waals surface area contributed by atoms with Crippen LogP contribution in [0.15, 0.2) is 30.3 Å². The Hall–Kier alpha value is -2.47. The molecule has 1 fully saturated rings. The molecule has 0 spiro atoms. The topological polar surface area (TPSA) is 76.1 Å². The van der Waals surface area contributed by atoms with Gasteiger partial charge in [-0.25, -0.2) is 0 Å². The van der Waals surface area contributed by atoms with Crippen LogP contribution in [-0.4, -0.2) is 35.4 Å². The average Bonchev–Trinajstić information content (AvgIpc) is 3.10. The van der Waals surface area contributed by atoms with E-state index in [2.05, 4.69) is 39.0 Å². The summed E-state index contributed by atoms with van der Waals surface area (Å²) in [4.78, 5) is 12.1. The Bertz CT molecular complexity index is 709. The van der Waals surface area contributed by atoms with Crippen molar-refractivity contribution in [3.05, 3.63) is 47.2 Å². The minimum atomic E-state index is -0.226. The van der Waals surface area contributed by atoms with Crippen LogP contribution in [0.5, 0.6) is 0 Å². The second-order valence-electron chi connectivity index (χ2n) is 6.09. The zero-order chi connectivity index (χ0) is 16.9. The molecule has 0 bridgehead atoms. The largest absolute Gasteiger partial charge is 0.376 e. The van der Waals surface area contributed by atoms with E-state index >= 15 is 0 Å². The van der Waals surface area contributed by atoms with Crippen LogP contribution in [0.1, 0.15) is 34.5 Å². The smallest absolute Gasteiger partial charge is 0.271 e. The molecule has 6 nitrogen and oxygen atoms in total. The number of carbonyl (C=O) groups excluding carboxylic acids is 1.